The average Bonchev–Trinajstić information content (AvgIpc) is 3.44. The number of carbonyl (C=O) groups is 1. The van der Waals surface area contributed by atoms with E-state index in [1.165, 1.54) is 27.8 Å². The highest BCUT2D eigenvalue weighted by Crippen LogP contribution is 2.29. The molecule has 0 bridgehead atoms. The third-order valence-electron chi connectivity index (χ3n) is 4.20. The second-order valence-corrected chi connectivity index (χ2v) is 10.7. The highest BCUT2D eigenvalue weighted by Gasteiger charge is 2.14. The number of nitrogens with one attached hydrogen (secondary N) is 2. The lowest BCUT2D eigenvalue weighted by Crippen LogP contribution is -2.16. The highest BCUT2D eigenvalue weighted by molar-refractivity contribution is 8.00. The lowest BCUT2D eigenvalue weighted by molar-refractivity contribution is -0.113. The smallest absolute Gasteiger partial charge is 0.264 e. The van der Waals surface area contributed by atoms with Gasteiger partial charge in [-0.25, -0.2) is 10.1 Å². The maximum Gasteiger partial charge on any atom is 0.264 e. The summed E-state index contributed by atoms with van der Waals surface area (Å²) in [4.78, 5) is 12.3. The molecule has 180 valence electrons. The fourth-order valence-corrected chi connectivity index (χ4v) is 5.21. The highest BCUT2D eigenvalue weighted by atomic mass is 35.5. The Labute approximate surface area is 222 Å². The van der Waals surface area contributed by atoms with Crippen LogP contribution in [0.1, 0.15) is 11.1 Å². The summed E-state index contributed by atoms with van der Waals surface area (Å²) < 4.78 is 1.95. The van der Waals surface area contributed by atoms with Crippen molar-refractivity contribution in [2.75, 3.05) is 22.3 Å². The van der Waals surface area contributed by atoms with Crippen molar-refractivity contribution in [2.24, 2.45) is 5.10 Å². The Balaban J connectivity index is 1.23. The molecule has 10 nitrogen and oxygen atoms in total. The summed E-state index contributed by atoms with van der Waals surface area (Å²) in [7, 11) is 0. The van der Waals surface area contributed by atoms with Crippen LogP contribution in [0, 0.1) is 0 Å². The number of aromatic nitrogens is 5. The van der Waals surface area contributed by atoms with E-state index >= 15 is 0 Å². The lowest BCUT2D eigenvalue weighted by Gasteiger charge is -2.03. The molecule has 0 radical (unpaired) electrons. The number of rotatable bonds is 10. The summed E-state index contributed by atoms with van der Waals surface area (Å²) in [5.74, 6) is 6.72. The largest absolute Gasteiger partial charge is 0.334 e. The molecule has 2 aromatic heterocycles. The fraction of sp³-hybridized carbons (Fsp3) is 0.100. The third-order valence-corrected chi connectivity index (χ3v) is 7.78. The van der Waals surface area contributed by atoms with Gasteiger partial charge < -0.3 is 5.84 Å². The number of hydrogen-bond acceptors (Lipinski definition) is 11. The van der Waals surface area contributed by atoms with Gasteiger partial charge in [-0.1, -0.05) is 88.4 Å². The van der Waals surface area contributed by atoms with E-state index in [-0.39, 0.29) is 17.6 Å². The first kappa shape index (κ1) is 25.3. The Hall–Kier alpha value is -2.84. The second kappa shape index (κ2) is 12.2. The Morgan fingerprint density at radius 1 is 1.09 bits per heavy atom. The molecule has 0 fully saturated rings. The molecule has 4 rings (SSSR count). The summed E-state index contributed by atoms with van der Waals surface area (Å²) in [5, 5.41) is 24.8. The first-order valence-electron chi connectivity index (χ1n) is 9.85. The Morgan fingerprint density at radius 3 is 2.69 bits per heavy atom. The number of carbonyl (C=O) groups excluding carboxylic acids is 1. The van der Waals surface area contributed by atoms with E-state index < -0.39 is 0 Å². The standard InChI is InChI=1S/C20H17Cl2N9OS3/c21-14-7-5-12(6-8-14)10-34-20-30-28-18(35-20)25-16(32)11-33-19-29-27-17(31(19)23)26-24-9-13-3-1-2-4-15(13)22/h1-9H,10-11,23H2,(H,26,27)(H,25,28,32)/b24-9+. The molecule has 0 aliphatic carbocycles. The molecule has 0 saturated carbocycles. The number of benzene rings is 2. The fourth-order valence-electron chi connectivity index (χ4n) is 2.52. The van der Waals surface area contributed by atoms with Gasteiger partial charge in [-0.2, -0.15) is 5.10 Å². The van der Waals surface area contributed by atoms with Gasteiger partial charge in [-0.15, -0.1) is 20.4 Å². The van der Waals surface area contributed by atoms with Crippen LogP contribution in [0.5, 0.6) is 0 Å². The molecule has 0 spiro atoms. The SMILES string of the molecule is Nn1c(N/N=C/c2ccccc2Cl)nnc1SCC(=O)Nc1nnc(SCc2ccc(Cl)cc2)s1. The van der Waals surface area contributed by atoms with Gasteiger partial charge in [0.2, 0.25) is 16.2 Å². The summed E-state index contributed by atoms with van der Waals surface area (Å²) >= 11 is 15.9. The van der Waals surface area contributed by atoms with Crippen molar-refractivity contribution in [3.05, 3.63) is 69.7 Å². The molecule has 2 aromatic carbocycles. The maximum atomic E-state index is 12.3. The van der Waals surface area contributed by atoms with Crippen LogP contribution in [0.2, 0.25) is 10.0 Å². The number of nitrogen functional groups attached to an aromatic ring is 1. The lowest BCUT2D eigenvalue weighted by atomic mass is 10.2. The van der Waals surface area contributed by atoms with Crippen LogP contribution in [0.4, 0.5) is 11.1 Å². The van der Waals surface area contributed by atoms with E-state index in [0.29, 0.717) is 20.3 Å². The Morgan fingerprint density at radius 2 is 1.89 bits per heavy atom. The van der Waals surface area contributed by atoms with Gasteiger partial charge in [0.25, 0.3) is 5.95 Å². The van der Waals surface area contributed by atoms with Crippen LogP contribution in [-0.4, -0.2) is 42.9 Å². The van der Waals surface area contributed by atoms with Gasteiger partial charge in [-0.3, -0.25) is 10.1 Å². The first-order chi connectivity index (χ1) is 17.0. The number of hydrogen-bond donors (Lipinski definition) is 3. The first-order valence-corrected chi connectivity index (χ1v) is 13.4. The number of nitrogens with zero attached hydrogens (tertiary/aromatic N) is 6. The van der Waals surface area contributed by atoms with Gasteiger partial charge >= 0.3 is 0 Å². The summed E-state index contributed by atoms with van der Waals surface area (Å²) in [5.41, 5.74) is 4.55. The minimum absolute atomic E-state index is 0.0606. The molecule has 15 heteroatoms. The van der Waals surface area contributed by atoms with E-state index in [4.69, 9.17) is 29.0 Å². The van der Waals surface area contributed by atoms with Crippen LogP contribution in [0.3, 0.4) is 0 Å². The molecule has 0 saturated heterocycles. The normalized spacial score (nSPS) is 11.1. The van der Waals surface area contributed by atoms with Gasteiger partial charge in [0, 0.05) is 21.4 Å². The number of anilines is 2. The summed E-state index contributed by atoms with van der Waals surface area (Å²) in [6.07, 6.45) is 1.54. The van der Waals surface area contributed by atoms with Gasteiger partial charge in [0.15, 0.2) is 4.34 Å². The predicted molar refractivity (Wildman–Crippen MR) is 143 cm³/mol. The summed E-state index contributed by atoms with van der Waals surface area (Å²) in [6, 6.07) is 14.9. The number of hydrazone groups is 1. The van der Waals surface area contributed by atoms with E-state index in [0.717, 1.165) is 33.0 Å². The molecule has 0 aliphatic heterocycles. The Kier molecular flexibility index (Phi) is 8.82. The van der Waals surface area contributed by atoms with Crippen molar-refractivity contribution in [1.29, 1.82) is 0 Å². The molecule has 2 heterocycles. The molecular weight excluding hydrogens is 549 g/mol. The zero-order chi connectivity index (χ0) is 24.6. The minimum atomic E-state index is -0.269. The van der Waals surface area contributed by atoms with E-state index in [2.05, 4.69) is 36.2 Å². The third kappa shape index (κ3) is 7.32. The van der Waals surface area contributed by atoms with Crippen LogP contribution in [0.15, 0.2) is 63.1 Å². The van der Waals surface area contributed by atoms with Crippen molar-refractivity contribution in [2.45, 2.75) is 15.2 Å². The van der Waals surface area contributed by atoms with Crippen LogP contribution < -0.4 is 16.6 Å². The molecule has 4 aromatic rings. The topological polar surface area (TPSA) is 136 Å². The predicted octanol–water partition coefficient (Wildman–Crippen LogP) is 4.62. The van der Waals surface area contributed by atoms with Crippen molar-refractivity contribution in [3.63, 3.8) is 0 Å². The number of nitrogens with two attached hydrogens (primary N) is 1. The van der Waals surface area contributed by atoms with Crippen LogP contribution >= 0.6 is 58.1 Å². The van der Waals surface area contributed by atoms with Crippen LogP contribution in [-0.2, 0) is 10.5 Å². The molecular formula is C20H17Cl2N9OS3. The zero-order valence-electron chi connectivity index (χ0n) is 17.8. The van der Waals surface area contributed by atoms with Gasteiger partial charge in [0.1, 0.15) is 0 Å². The number of halogens is 2. The molecule has 0 aliphatic rings. The van der Waals surface area contributed by atoms with E-state index in [1.807, 2.05) is 42.5 Å². The van der Waals surface area contributed by atoms with Crippen molar-refractivity contribution >= 4 is 81.3 Å². The monoisotopic (exact) mass is 565 g/mol. The maximum absolute atomic E-state index is 12.3. The van der Waals surface area contributed by atoms with Gasteiger partial charge in [0.05, 0.1) is 12.0 Å². The molecule has 1 amide bonds. The number of amides is 1. The molecule has 0 unspecified atom stereocenters. The summed E-state index contributed by atoms with van der Waals surface area (Å²) in [6.45, 7) is 0. The molecule has 4 N–H and O–H groups in total. The molecule has 35 heavy (non-hydrogen) atoms. The van der Waals surface area contributed by atoms with Crippen LogP contribution in [0.25, 0.3) is 0 Å². The van der Waals surface area contributed by atoms with Crippen molar-refractivity contribution in [3.8, 4) is 0 Å². The zero-order valence-corrected chi connectivity index (χ0v) is 21.7. The number of thioether (sulfide) groups is 2. The Bertz CT molecular complexity index is 1330. The molecule has 0 atom stereocenters. The van der Waals surface area contributed by atoms with E-state index in [1.54, 1.807) is 12.3 Å². The quantitative estimate of drug-likeness (QED) is 0.0826. The average molecular weight is 567 g/mol. The second-order valence-electron chi connectivity index (χ2n) is 6.69. The van der Waals surface area contributed by atoms with Gasteiger partial charge in [-0.05, 0) is 23.8 Å². The van der Waals surface area contributed by atoms with Crippen molar-refractivity contribution in [1.82, 2.24) is 25.1 Å². The van der Waals surface area contributed by atoms with Crippen molar-refractivity contribution < 1.29 is 4.79 Å². The minimum Gasteiger partial charge on any atom is -0.334 e. The van der Waals surface area contributed by atoms with E-state index in [9.17, 15) is 4.79 Å².